The molecule has 1 amide bonds. The van der Waals surface area contributed by atoms with Gasteiger partial charge < -0.3 is 10.0 Å². The SMILES string of the molecule is CC(=O)N(CC(C)(C)C(=O)O)C1CCCC1. The molecule has 16 heavy (non-hydrogen) atoms. The van der Waals surface area contributed by atoms with E-state index in [9.17, 15) is 9.59 Å². The summed E-state index contributed by atoms with van der Waals surface area (Å²) in [7, 11) is 0. The van der Waals surface area contributed by atoms with Gasteiger partial charge in [0.15, 0.2) is 0 Å². The highest BCUT2D eigenvalue weighted by Crippen LogP contribution is 2.27. The minimum absolute atomic E-state index is 0.0128. The van der Waals surface area contributed by atoms with Gasteiger partial charge in [-0.15, -0.1) is 0 Å². The number of hydrogen-bond acceptors (Lipinski definition) is 2. The number of carbonyl (C=O) groups is 2. The number of rotatable bonds is 4. The first-order valence-corrected chi connectivity index (χ1v) is 5.85. The smallest absolute Gasteiger partial charge is 0.310 e. The molecule has 1 saturated carbocycles. The van der Waals surface area contributed by atoms with Gasteiger partial charge in [0.2, 0.25) is 5.91 Å². The quantitative estimate of drug-likeness (QED) is 0.797. The lowest BCUT2D eigenvalue weighted by Crippen LogP contribution is -2.46. The third-order valence-corrected chi connectivity index (χ3v) is 3.31. The number of carboxylic acids is 1. The Morgan fingerprint density at radius 2 is 1.81 bits per heavy atom. The van der Waals surface area contributed by atoms with Gasteiger partial charge in [0.05, 0.1) is 5.41 Å². The van der Waals surface area contributed by atoms with E-state index in [0.717, 1.165) is 25.7 Å². The molecule has 0 atom stereocenters. The fourth-order valence-electron chi connectivity index (χ4n) is 2.21. The van der Waals surface area contributed by atoms with Gasteiger partial charge in [0, 0.05) is 19.5 Å². The molecule has 0 radical (unpaired) electrons. The maximum Gasteiger partial charge on any atom is 0.310 e. The monoisotopic (exact) mass is 227 g/mol. The highest BCUT2D eigenvalue weighted by atomic mass is 16.4. The van der Waals surface area contributed by atoms with Crippen LogP contribution in [0.1, 0.15) is 46.5 Å². The molecule has 0 aliphatic heterocycles. The van der Waals surface area contributed by atoms with E-state index in [-0.39, 0.29) is 11.9 Å². The van der Waals surface area contributed by atoms with Crippen molar-refractivity contribution < 1.29 is 14.7 Å². The first kappa shape index (κ1) is 13.0. The minimum Gasteiger partial charge on any atom is -0.481 e. The van der Waals surface area contributed by atoms with Crippen LogP contribution in [0.5, 0.6) is 0 Å². The zero-order valence-corrected chi connectivity index (χ0v) is 10.3. The van der Waals surface area contributed by atoms with Gasteiger partial charge in [-0.05, 0) is 26.7 Å². The average molecular weight is 227 g/mol. The van der Waals surface area contributed by atoms with Gasteiger partial charge in [-0.25, -0.2) is 0 Å². The third-order valence-electron chi connectivity index (χ3n) is 3.31. The van der Waals surface area contributed by atoms with Gasteiger partial charge in [-0.3, -0.25) is 9.59 Å². The van der Waals surface area contributed by atoms with Gasteiger partial charge in [-0.1, -0.05) is 12.8 Å². The van der Waals surface area contributed by atoms with Crippen LogP contribution in [0.15, 0.2) is 0 Å². The fourth-order valence-corrected chi connectivity index (χ4v) is 2.21. The Morgan fingerprint density at radius 1 is 1.31 bits per heavy atom. The van der Waals surface area contributed by atoms with Crippen LogP contribution in [0.3, 0.4) is 0 Å². The van der Waals surface area contributed by atoms with Crippen LogP contribution in [0.25, 0.3) is 0 Å². The number of amides is 1. The predicted molar refractivity (Wildman–Crippen MR) is 61.1 cm³/mol. The highest BCUT2D eigenvalue weighted by Gasteiger charge is 2.34. The zero-order chi connectivity index (χ0) is 12.3. The summed E-state index contributed by atoms with van der Waals surface area (Å²) in [5.74, 6) is -0.863. The van der Waals surface area contributed by atoms with E-state index in [0.29, 0.717) is 6.54 Å². The zero-order valence-electron chi connectivity index (χ0n) is 10.3. The number of carbonyl (C=O) groups excluding carboxylic acids is 1. The van der Waals surface area contributed by atoms with Crippen molar-refractivity contribution in [2.24, 2.45) is 5.41 Å². The molecular weight excluding hydrogens is 206 g/mol. The van der Waals surface area contributed by atoms with Crippen molar-refractivity contribution in [2.45, 2.75) is 52.5 Å². The lowest BCUT2D eigenvalue weighted by atomic mass is 9.92. The molecule has 0 aromatic heterocycles. The van der Waals surface area contributed by atoms with Crippen molar-refractivity contribution in [3.63, 3.8) is 0 Å². The fraction of sp³-hybridized carbons (Fsp3) is 0.833. The normalized spacial score (nSPS) is 17.4. The molecule has 0 spiro atoms. The molecule has 0 heterocycles. The Labute approximate surface area is 96.6 Å². The lowest BCUT2D eigenvalue weighted by molar-refractivity contribution is -0.150. The molecule has 1 aliphatic carbocycles. The summed E-state index contributed by atoms with van der Waals surface area (Å²) < 4.78 is 0. The summed E-state index contributed by atoms with van der Waals surface area (Å²) in [6.45, 7) is 5.17. The molecule has 0 bridgehead atoms. The number of hydrogen-bond donors (Lipinski definition) is 1. The van der Waals surface area contributed by atoms with Crippen LogP contribution in [0.2, 0.25) is 0 Å². The van der Waals surface area contributed by atoms with E-state index in [2.05, 4.69) is 0 Å². The topological polar surface area (TPSA) is 57.6 Å². The van der Waals surface area contributed by atoms with Crippen molar-refractivity contribution >= 4 is 11.9 Å². The van der Waals surface area contributed by atoms with Crippen molar-refractivity contribution in [3.8, 4) is 0 Å². The van der Waals surface area contributed by atoms with Crippen LogP contribution in [-0.4, -0.2) is 34.5 Å². The molecular formula is C12H21NO3. The van der Waals surface area contributed by atoms with Gasteiger partial charge >= 0.3 is 5.97 Å². The molecule has 1 aliphatic rings. The summed E-state index contributed by atoms with van der Waals surface area (Å²) >= 11 is 0. The van der Waals surface area contributed by atoms with E-state index in [1.54, 1.807) is 18.7 Å². The summed E-state index contributed by atoms with van der Waals surface area (Å²) in [4.78, 5) is 24.4. The Bertz CT molecular complexity index is 280. The summed E-state index contributed by atoms with van der Waals surface area (Å²) in [5, 5.41) is 9.08. The van der Waals surface area contributed by atoms with Crippen LogP contribution in [0, 0.1) is 5.41 Å². The first-order chi connectivity index (χ1) is 7.34. The van der Waals surface area contributed by atoms with Crippen LogP contribution in [-0.2, 0) is 9.59 Å². The summed E-state index contributed by atoms with van der Waals surface area (Å²) in [6.07, 6.45) is 4.30. The van der Waals surface area contributed by atoms with Gasteiger partial charge in [0.25, 0.3) is 0 Å². The van der Waals surface area contributed by atoms with Gasteiger partial charge in [-0.2, -0.15) is 0 Å². The molecule has 1 N–H and O–H groups in total. The molecule has 0 aromatic carbocycles. The maximum atomic E-state index is 11.6. The molecule has 0 saturated heterocycles. The lowest BCUT2D eigenvalue weighted by Gasteiger charge is -2.33. The van der Waals surface area contributed by atoms with Crippen LogP contribution >= 0.6 is 0 Å². The third kappa shape index (κ3) is 2.97. The molecule has 4 nitrogen and oxygen atoms in total. The van der Waals surface area contributed by atoms with E-state index in [1.807, 2.05) is 0 Å². The Balaban J connectivity index is 2.71. The van der Waals surface area contributed by atoms with Crippen molar-refractivity contribution in [1.29, 1.82) is 0 Å². The van der Waals surface area contributed by atoms with Crippen molar-refractivity contribution in [1.82, 2.24) is 4.90 Å². The Hall–Kier alpha value is -1.06. The standard InChI is InChI=1S/C12H21NO3/c1-9(14)13(10-6-4-5-7-10)8-12(2,3)11(15)16/h10H,4-8H2,1-3H3,(H,15,16). The van der Waals surface area contributed by atoms with E-state index >= 15 is 0 Å². The molecule has 92 valence electrons. The van der Waals surface area contributed by atoms with Crippen LogP contribution in [0.4, 0.5) is 0 Å². The van der Waals surface area contributed by atoms with Crippen LogP contribution < -0.4 is 0 Å². The van der Waals surface area contributed by atoms with Gasteiger partial charge in [0.1, 0.15) is 0 Å². The first-order valence-electron chi connectivity index (χ1n) is 5.85. The Kier molecular flexibility index (Phi) is 3.94. The average Bonchev–Trinajstić information content (AvgIpc) is 2.66. The van der Waals surface area contributed by atoms with Crippen molar-refractivity contribution in [3.05, 3.63) is 0 Å². The number of aliphatic carboxylic acids is 1. The molecule has 0 unspecified atom stereocenters. The Morgan fingerprint density at radius 3 is 2.19 bits per heavy atom. The minimum atomic E-state index is -0.867. The summed E-state index contributed by atoms with van der Waals surface area (Å²) in [6, 6.07) is 0.246. The van der Waals surface area contributed by atoms with E-state index in [4.69, 9.17) is 5.11 Å². The van der Waals surface area contributed by atoms with Crippen molar-refractivity contribution in [2.75, 3.05) is 6.54 Å². The maximum absolute atomic E-state index is 11.6. The molecule has 1 fully saturated rings. The molecule has 1 rings (SSSR count). The van der Waals surface area contributed by atoms with E-state index in [1.165, 1.54) is 6.92 Å². The second kappa shape index (κ2) is 4.85. The number of carboxylic acid groups (broad SMARTS) is 1. The number of nitrogens with zero attached hydrogens (tertiary/aromatic N) is 1. The second-order valence-corrected chi connectivity index (χ2v) is 5.27. The predicted octanol–water partition coefficient (Wildman–Crippen LogP) is 1.89. The summed E-state index contributed by atoms with van der Waals surface area (Å²) in [5.41, 5.74) is -0.867. The molecule has 4 heteroatoms. The second-order valence-electron chi connectivity index (χ2n) is 5.27. The highest BCUT2D eigenvalue weighted by molar-refractivity contribution is 5.77. The molecule has 0 aromatic rings. The van der Waals surface area contributed by atoms with E-state index < -0.39 is 11.4 Å². The largest absolute Gasteiger partial charge is 0.481 e.